The number of thioether (sulfide) groups is 1. The lowest BCUT2D eigenvalue weighted by Crippen LogP contribution is -2.29. The molecule has 1 aliphatic carbocycles. The van der Waals surface area contributed by atoms with Gasteiger partial charge in [0.2, 0.25) is 0 Å². The van der Waals surface area contributed by atoms with E-state index in [4.69, 9.17) is 4.89 Å². The molecule has 2 aromatic rings. The van der Waals surface area contributed by atoms with Crippen molar-refractivity contribution in [1.29, 1.82) is 0 Å². The van der Waals surface area contributed by atoms with E-state index >= 15 is 0 Å². The first-order chi connectivity index (χ1) is 16.5. The van der Waals surface area contributed by atoms with Crippen LogP contribution in [0.1, 0.15) is 68.9 Å². The Labute approximate surface area is 206 Å². The van der Waals surface area contributed by atoms with Gasteiger partial charge in [-0.25, -0.2) is 8.78 Å². The zero-order valence-corrected chi connectivity index (χ0v) is 21.3. The van der Waals surface area contributed by atoms with Gasteiger partial charge >= 0.3 is 8.25 Å². The molecule has 0 aromatic heterocycles. The number of nitrogens with one attached hydrogen (secondary N) is 1. The van der Waals surface area contributed by atoms with Crippen LogP contribution < -0.4 is 5.32 Å². The van der Waals surface area contributed by atoms with Crippen molar-refractivity contribution < 1.29 is 22.8 Å². The van der Waals surface area contributed by atoms with Gasteiger partial charge in [0.15, 0.2) is 0 Å². The standard InChI is InChI=1S/C26H34F2NO3PS/c27-23-19-25(24(28)18-21(23)20-29-15-9-16-32-33(30)31)34-17-8-7-14-26(12-5-2-6-13-26)22-10-3-1-4-11-22/h1,3-4,10-11,18-19,29H,2,5-9,12-17,20H2/p+1. The van der Waals surface area contributed by atoms with E-state index < -0.39 is 19.9 Å². The van der Waals surface area contributed by atoms with Gasteiger partial charge in [0.1, 0.15) is 18.2 Å². The molecule has 1 aliphatic rings. The molecule has 0 heterocycles. The van der Waals surface area contributed by atoms with Gasteiger partial charge in [-0.05, 0) is 67.5 Å². The normalized spacial score (nSPS) is 15.9. The van der Waals surface area contributed by atoms with E-state index in [1.807, 2.05) is 0 Å². The van der Waals surface area contributed by atoms with Crippen molar-refractivity contribution in [2.45, 2.75) is 74.6 Å². The molecular weight excluding hydrogens is 475 g/mol. The molecule has 1 fully saturated rings. The predicted molar refractivity (Wildman–Crippen MR) is 134 cm³/mol. The lowest BCUT2D eigenvalue weighted by atomic mass is 9.67. The van der Waals surface area contributed by atoms with Crippen molar-refractivity contribution in [2.24, 2.45) is 0 Å². The van der Waals surface area contributed by atoms with Gasteiger partial charge < -0.3 is 5.32 Å². The highest BCUT2D eigenvalue weighted by Crippen LogP contribution is 2.43. The fourth-order valence-electron chi connectivity index (χ4n) is 4.83. The molecule has 0 bridgehead atoms. The molecule has 8 heteroatoms. The summed E-state index contributed by atoms with van der Waals surface area (Å²) in [6.07, 6.45) is 10.1. The molecule has 0 saturated heterocycles. The highest BCUT2D eigenvalue weighted by molar-refractivity contribution is 7.99. The molecule has 0 spiro atoms. The lowest BCUT2D eigenvalue weighted by Gasteiger charge is -2.38. The maximum atomic E-state index is 14.5. The minimum atomic E-state index is -2.59. The van der Waals surface area contributed by atoms with E-state index in [-0.39, 0.29) is 24.1 Å². The Morgan fingerprint density at radius 1 is 1.03 bits per heavy atom. The lowest BCUT2D eigenvalue weighted by molar-refractivity contribution is 0.268. The molecule has 1 atom stereocenters. The molecule has 0 radical (unpaired) electrons. The Balaban J connectivity index is 1.43. The summed E-state index contributed by atoms with van der Waals surface area (Å²) in [6.45, 7) is 0.809. The van der Waals surface area contributed by atoms with E-state index in [0.29, 0.717) is 17.9 Å². The van der Waals surface area contributed by atoms with E-state index in [9.17, 15) is 13.3 Å². The second kappa shape index (κ2) is 14.3. The number of unbranched alkanes of at least 4 members (excludes halogenated alkanes) is 1. The van der Waals surface area contributed by atoms with Gasteiger partial charge in [-0.1, -0.05) is 56.0 Å². The Morgan fingerprint density at radius 2 is 1.79 bits per heavy atom. The third-order valence-corrected chi connectivity index (χ3v) is 8.14. The molecule has 2 aromatic carbocycles. The SMILES string of the molecule is O=[P+](O)OCCCNCc1cc(F)c(SCCCCC2(c3ccccc3)CCCCC2)cc1F. The quantitative estimate of drug-likeness (QED) is 0.159. The van der Waals surface area contributed by atoms with Crippen molar-refractivity contribution in [3.63, 3.8) is 0 Å². The summed E-state index contributed by atoms with van der Waals surface area (Å²) in [4.78, 5) is 8.92. The summed E-state index contributed by atoms with van der Waals surface area (Å²) in [7, 11) is -2.59. The highest BCUT2D eigenvalue weighted by Gasteiger charge is 2.32. The summed E-state index contributed by atoms with van der Waals surface area (Å²) in [5.74, 6) is -0.0421. The molecule has 4 nitrogen and oxygen atoms in total. The van der Waals surface area contributed by atoms with E-state index in [1.54, 1.807) is 0 Å². The Morgan fingerprint density at radius 3 is 2.53 bits per heavy atom. The van der Waals surface area contributed by atoms with Crippen molar-refractivity contribution >= 4 is 20.0 Å². The van der Waals surface area contributed by atoms with Crippen LogP contribution >= 0.6 is 20.0 Å². The van der Waals surface area contributed by atoms with Crippen LogP contribution in [0.25, 0.3) is 0 Å². The van der Waals surface area contributed by atoms with Gasteiger partial charge in [-0.2, -0.15) is 0 Å². The van der Waals surface area contributed by atoms with Gasteiger partial charge in [0.05, 0.1) is 0 Å². The molecular formula is C26H35F2NO3PS+. The van der Waals surface area contributed by atoms with Crippen molar-refractivity contribution in [1.82, 2.24) is 5.32 Å². The van der Waals surface area contributed by atoms with Crippen molar-refractivity contribution in [2.75, 3.05) is 18.9 Å². The van der Waals surface area contributed by atoms with Crippen LogP contribution in [0.3, 0.4) is 0 Å². The average molecular weight is 511 g/mol. The zero-order valence-electron chi connectivity index (χ0n) is 19.6. The monoisotopic (exact) mass is 510 g/mol. The predicted octanol–water partition coefficient (Wildman–Crippen LogP) is 7.28. The summed E-state index contributed by atoms with van der Waals surface area (Å²) >= 11 is 1.39. The Bertz CT molecular complexity index is 910. The maximum absolute atomic E-state index is 14.5. The summed E-state index contributed by atoms with van der Waals surface area (Å²) < 4.78 is 44.0. The molecule has 0 amide bonds. The van der Waals surface area contributed by atoms with Gasteiger partial charge in [-0.3, -0.25) is 0 Å². The van der Waals surface area contributed by atoms with Gasteiger partial charge in [0.25, 0.3) is 0 Å². The topological polar surface area (TPSA) is 58.6 Å². The van der Waals surface area contributed by atoms with Crippen LogP contribution in [0.4, 0.5) is 8.78 Å². The Kier molecular flexibility index (Phi) is 11.4. The largest absolute Gasteiger partial charge is 0.694 e. The van der Waals surface area contributed by atoms with E-state index in [2.05, 4.69) is 40.2 Å². The van der Waals surface area contributed by atoms with Crippen LogP contribution in [0.2, 0.25) is 0 Å². The summed E-state index contributed by atoms with van der Waals surface area (Å²) in [6, 6.07) is 13.4. The third-order valence-electron chi connectivity index (χ3n) is 6.62. The minimum Gasteiger partial charge on any atom is -0.312 e. The first-order valence-corrected chi connectivity index (χ1v) is 14.3. The molecule has 1 saturated carbocycles. The Hall–Kier alpha value is -1.37. The molecule has 0 aliphatic heterocycles. The molecule has 3 rings (SSSR count). The van der Waals surface area contributed by atoms with E-state index in [1.165, 1.54) is 61.6 Å². The fraction of sp³-hybridized carbons (Fsp3) is 0.538. The minimum absolute atomic E-state index is 0.137. The van der Waals surface area contributed by atoms with Crippen LogP contribution in [0, 0.1) is 11.6 Å². The van der Waals surface area contributed by atoms with Crippen molar-refractivity contribution in [3.05, 3.63) is 65.2 Å². The van der Waals surface area contributed by atoms with Crippen LogP contribution in [-0.4, -0.2) is 23.8 Å². The second-order valence-corrected chi connectivity index (χ2v) is 10.9. The third kappa shape index (κ3) is 8.39. The number of rotatable bonds is 14. The van der Waals surface area contributed by atoms with Crippen LogP contribution in [0.15, 0.2) is 47.4 Å². The summed E-state index contributed by atoms with van der Waals surface area (Å²) in [5, 5.41) is 3.00. The van der Waals surface area contributed by atoms with Crippen LogP contribution in [-0.2, 0) is 21.0 Å². The number of halogens is 2. The summed E-state index contributed by atoms with van der Waals surface area (Å²) in [5.41, 5.74) is 2.01. The zero-order chi connectivity index (χ0) is 24.2. The maximum Gasteiger partial charge on any atom is 0.694 e. The van der Waals surface area contributed by atoms with Crippen molar-refractivity contribution in [3.8, 4) is 0 Å². The fourth-order valence-corrected chi connectivity index (χ4v) is 6.07. The molecule has 186 valence electrons. The van der Waals surface area contributed by atoms with Gasteiger partial charge in [-0.15, -0.1) is 21.2 Å². The number of hydrogen-bond acceptors (Lipinski definition) is 4. The average Bonchev–Trinajstić information content (AvgIpc) is 2.84. The molecule has 2 N–H and O–H groups in total. The van der Waals surface area contributed by atoms with Crippen LogP contribution in [0.5, 0.6) is 0 Å². The molecule has 34 heavy (non-hydrogen) atoms. The van der Waals surface area contributed by atoms with Gasteiger partial charge in [0, 0.05) is 21.6 Å². The second-order valence-electron chi connectivity index (χ2n) is 8.99. The first kappa shape index (κ1) is 27.2. The molecule has 1 unspecified atom stereocenters. The smallest absolute Gasteiger partial charge is 0.312 e. The first-order valence-electron chi connectivity index (χ1n) is 12.2. The number of benzene rings is 2. The highest BCUT2D eigenvalue weighted by atomic mass is 32.2. The van der Waals surface area contributed by atoms with E-state index in [0.717, 1.165) is 25.0 Å². The number of hydrogen-bond donors (Lipinski definition) is 2.